The summed E-state index contributed by atoms with van der Waals surface area (Å²) in [6.45, 7) is 10.3. The minimum Gasteiger partial charge on any atom is -0.493 e. The molecule has 2 atom stereocenters. The predicted molar refractivity (Wildman–Crippen MR) is 94.4 cm³/mol. The zero-order valence-electron chi connectivity index (χ0n) is 15.3. The van der Waals surface area contributed by atoms with Gasteiger partial charge in [-0.3, -0.25) is 4.79 Å². The van der Waals surface area contributed by atoms with Gasteiger partial charge in [-0.2, -0.15) is 0 Å². The fraction of sp³-hybridized carbons (Fsp3) is 0.579. The van der Waals surface area contributed by atoms with Gasteiger partial charge in [-0.25, -0.2) is 4.79 Å². The van der Waals surface area contributed by atoms with E-state index in [0.29, 0.717) is 18.1 Å². The quantitative estimate of drug-likeness (QED) is 0.737. The van der Waals surface area contributed by atoms with Gasteiger partial charge in [-0.05, 0) is 30.0 Å². The highest BCUT2D eigenvalue weighted by atomic mass is 16.5. The second-order valence-corrected chi connectivity index (χ2v) is 7.27. The molecular weight excluding hydrogens is 306 g/mol. The lowest BCUT2D eigenvalue weighted by atomic mass is 9.84. The molecule has 0 aromatic heterocycles. The molecule has 1 aromatic rings. The van der Waals surface area contributed by atoms with Crippen molar-refractivity contribution in [3.63, 3.8) is 0 Å². The monoisotopic (exact) mass is 335 g/mol. The second kappa shape index (κ2) is 8.71. The first-order valence-electron chi connectivity index (χ1n) is 8.41. The lowest BCUT2D eigenvalue weighted by Gasteiger charge is -2.25. The maximum atomic E-state index is 12.5. The molecule has 1 aromatic carbocycles. The van der Waals surface area contributed by atoms with Crippen molar-refractivity contribution in [3.8, 4) is 5.75 Å². The molecule has 0 heterocycles. The Morgan fingerprint density at radius 3 is 2.25 bits per heavy atom. The smallest absolute Gasteiger partial charge is 0.405 e. The highest BCUT2D eigenvalue weighted by molar-refractivity contribution is 5.92. The minimum absolute atomic E-state index is 0.171. The molecular formula is C19H29NO4. The van der Waals surface area contributed by atoms with Crippen LogP contribution in [-0.4, -0.2) is 23.6 Å². The summed E-state index contributed by atoms with van der Waals surface area (Å²) < 4.78 is 5.74. The van der Waals surface area contributed by atoms with E-state index in [2.05, 4.69) is 19.2 Å². The fourth-order valence-corrected chi connectivity index (χ4v) is 2.43. The van der Waals surface area contributed by atoms with Gasteiger partial charge in [0, 0.05) is 5.41 Å². The van der Waals surface area contributed by atoms with E-state index in [-0.39, 0.29) is 5.78 Å². The van der Waals surface area contributed by atoms with Crippen LogP contribution >= 0.6 is 0 Å². The number of carboxylic acid groups (broad SMARTS) is 1. The number of amides is 1. The Kier molecular flexibility index (Phi) is 7.26. The summed E-state index contributed by atoms with van der Waals surface area (Å²) in [6, 6.07) is 6.16. The normalized spacial score (nSPS) is 13.9. The molecule has 1 amide bonds. The van der Waals surface area contributed by atoms with Gasteiger partial charge in [0.05, 0.1) is 6.61 Å². The van der Waals surface area contributed by atoms with Crippen LogP contribution in [0.25, 0.3) is 0 Å². The molecule has 2 N–H and O–H groups in total. The second-order valence-electron chi connectivity index (χ2n) is 7.27. The van der Waals surface area contributed by atoms with Gasteiger partial charge in [0.1, 0.15) is 11.8 Å². The molecule has 0 saturated heterocycles. The molecule has 134 valence electrons. The van der Waals surface area contributed by atoms with E-state index in [1.54, 1.807) is 45.0 Å². The topological polar surface area (TPSA) is 75.6 Å². The van der Waals surface area contributed by atoms with Crippen LogP contribution in [0.1, 0.15) is 59.1 Å². The zero-order chi connectivity index (χ0) is 18.3. The molecule has 0 saturated carbocycles. The van der Waals surface area contributed by atoms with Crippen molar-refractivity contribution in [1.29, 1.82) is 0 Å². The van der Waals surface area contributed by atoms with Gasteiger partial charge in [0.15, 0.2) is 5.78 Å². The molecule has 0 fully saturated rings. The van der Waals surface area contributed by atoms with Crippen molar-refractivity contribution in [1.82, 2.24) is 5.32 Å². The van der Waals surface area contributed by atoms with Crippen LogP contribution in [0, 0.1) is 11.3 Å². The van der Waals surface area contributed by atoms with E-state index in [1.165, 1.54) is 0 Å². The molecule has 24 heavy (non-hydrogen) atoms. The largest absolute Gasteiger partial charge is 0.493 e. The van der Waals surface area contributed by atoms with E-state index >= 15 is 0 Å². The number of nitrogens with one attached hydrogen (secondary N) is 1. The Morgan fingerprint density at radius 2 is 1.79 bits per heavy atom. The first-order chi connectivity index (χ1) is 11.1. The Labute approximate surface area is 144 Å². The SMILES string of the molecule is CCCC(C)COc1ccc([C@@H](NC(=O)O)C(=O)C(C)(C)C)cc1. The third kappa shape index (κ3) is 6.22. The van der Waals surface area contributed by atoms with E-state index in [4.69, 9.17) is 9.84 Å². The Hall–Kier alpha value is -2.04. The number of hydrogen-bond acceptors (Lipinski definition) is 3. The summed E-state index contributed by atoms with van der Waals surface area (Å²) in [5, 5.41) is 11.3. The average molecular weight is 335 g/mol. The summed E-state index contributed by atoms with van der Waals surface area (Å²) >= 11 is 0. The molecule has 0 spiro atoms. The summed E-state index contributed by atoms with van der Waals surface area (Å²) in [6.07, 6.45) is 1.02. The highest BCUT2D eigenvalue weighted by Crippen LogP contribution is 2.27. The number of ketones is 1. The third-order valence-electron chi connectivity index (χ3n) is 3.80. The van der Waals surface area contributed by atoms with Gasteiger partial charge in [-0.1, -0.05) is 53.2 Å². The molecule has 5 heteroatoms. The molecule has 1 unspecified atom stereocenters. The number of carbonyl (C=O) groups is 2. The van der Waals surface area contributed by atoms with Crippen LogP contribution in [0.2, 0.25) is 0 Å². The van der Waals surface area contributed by atoms with E-state index in [1.807, 2.05) is 0 Å². The van der Waals surface area contributed by atoms with Gasteiger partial charge in [0.2, 0.25) is 0 Å². The molecule has 0 aliphatic rings. The molecule has 0 radical (unpaired) electrons. The molecule has 5 nitrogen and oxygen atoms in total. The average Bonchev–Trinajstić information content (AvgIpc) is 2.50. The first kappa shape index (κ1) is 20.0. The van der Waals surface area contributed by atoms with Crippen molar-refractivity contribution < 1.29 is 19.4 Å². The van der Waals surface area contributed by atoms with Crippen molar-refractivity contribution in [2.75, 3.05) is 6.61 Å². The number of rotatable bonds is 8. The summed E-state index contributed by atoms with van der Waals surface area (Å²) in [7, 11) is 0. The van der Waals surface area contributed by atoms with Gasteiger partial charge in [0.25, 0.3) is 0 Å². The van der Waals surface area contributed by atoms with Crippen LogP contribution in [-0.2, 0) is 4.79 Å². The maximum Gasteiger partial charge on any atom is 0.405 e. The van der Waals surface area contributed by atoms with Crippen LogP contribution in [0.15, 0.2) is 24.3 Å². The van der Waals surface area contributed by atoms with Gasteiger partial charge >= 0.3 is 6.09 Å². The summed E-state index contributed by atoms with van der Waals surface area (Å²) in [5.74, 6) is 1.03. The summed E-state index contributed by atoms with van der Waals surface area (Å²) in [4.78, 5) is 23.5. The van der Waals surface area contributed by atoms with Gasteiger partial charge in [-0.15, -0.1) is 0 Å². The number of carbonyl (C=O) groups excluding carboxylic acids is 1. The molecule has 1 rings (SSSR count). The van der Waals surface area contributed by atoms with E-state index in [0.717, 1.165) is 18.6 Å². The van der Waals surface area contributed by atoms with Crippen molar-refractivity contribution in [2.24, 2.45) is 11.3 Å². The first-order valence-corrected chi connectivity index (χ1v) is 8.41. The lowest BCUT2D eigenvalue weighted by Crippen LogP contribution is -2.38. The predicted octanol–water partition coefficient (Wildman–Crippen LogP) is 4.43. The number of benzene rings is 1. The zero-order valence-corrected chi connectivity index (χ0v) is 15.3. The van der Waals surface area contributed by atoms with Crippen molar-refractivity contribution in [3.05, 3.63) is 29.8 Å². The van der Waals surface area contributed by atoms with Crippen LogP contribution in [0.4, 0.5) is 4.79 Å². The highest BCUT2D eigenvalue weighted by Gasteiger charge is 2.31. The van der Waals surface area contributed by atoms with Gasteiger partial charge < -0.3 is 15.2 Å². The standard InChI is InChI=1S/C19H29NO4/c1-6-7-13(2)12-24-15-10-8-14(9-11-15)16(20-18(22)23)17(21)19(3,4)5/h8-11,13,16,20H,6-7,12H2,1-5H3,(H,22,23)/t13?,16-/m1/s1. The van der Waals surface area contributed by atoms with E-state index in [9.17, 15) is 9.59 Å². The third-order valence-corrected chi connectivity index (χ3v) is 3.80. The Balaban J connectivity index is 2.85. The van der Waals surface area contributed by atoms with Crippen LogP contribution in [0.5, 0.6) is 5.75 Å². The van der Waals surface area contributed by atoms with Crippen LogP contribution in [0.3, 0.4) is 0 Å². The number of Topliss-reactive ketones (excluding diaryl/α,β-unsaturated/α-hetero) is 1. The maximum absolute atomic E-state index is 12.5. The lowest BCUT2D eigenvalue weighted by molar-refractivity contribution is -0.128. The van der Waals surface area contributed by atoms with Crippen molar-refractivity contribution >= 4 is 11.9 Å². The molecule has 0 aliphatic carbocycles. The molecule has 0 aliphatic heterocycles. The Bertz CT molecular complexity index is 545. The van der Waals surface area contributed by atoms with Crippen molar-refractivity contribution in [2.45, 2.75) is 53.5 Å². The fourth-order valence-electron chi connectivity index (χ4n) is 2.43. The molecule has 0 bridgehead atoms. The Morgan fingerprint density at radius 1 is 1.21 bits per heavy atom. The number of hydrogen-bond donors (Lipinski definition) is 2. The minimum atomic E-state index is -1.22. The van der Waals surface area contributed by atoms with E-state index < -0.39 is 17.6 Å². The summed E-state index contributed by atoms with van der Waals surface area (Å²) in [5.41, 5.74) is -0.0241. The van der Waals surface area contributed by atoms with Crippen LogP contribution < -0.4 is 10.1 Å². The number of ether oxygens (including phenoxy) is 1.